The van der Waals surface area contributed by atoms with Gasteiger partial charge in [-0.05, 0) is 44.2 Å². The number of hydrogen-bond donors (Lipinski definition) is 1. The fraction of sp³-hybridized carbons (Fsp3) is 0.500. The van der Waals surface area contributed by atoms with Crippen LogP contribution in [0, 0.1) is 5.92 Å². The Bertz CT molecular complexity index is 602. The lowest BCUT2D eigenvalue weighted by Gasteiger charge is -2.26. The Morgan fingerprint density at radius 2 is 2.18 bits per heavy atom. The van der Waals surface area contributed by atoms with Gasteiger partial charge in [0.25, 0.3) is 0 Å². The van der Waals surface area contributed by atoms with Crippen molar-refractivity contribution in [3.05, 3.63) is 36.7 Å². The Morgan fingerprint density at radius 1 is 1.36 bits per heavy atom. The molecule has 118 valence electrons. The lowest BCUT2D eigenvalue weighted by atomic mass is 9.93. The lowest BCUT2D eigenvalue weighted by molar-refractivity contribution is 0.0629. The van der Waals surface area contributed by atoms with Gasteiger partial charge in [-0.25, -0.2) is 4.98 Å². The van der Waals surface area contributed by atoms with Crippen LogP contribution in [0.2, 0.25) is 0 Å². The van der Waals surface area contributed by atoms with Crippen LogP contribution in [0.4, 0.5) is 5.69 Å². The number of aryl methyl sites for hydroxylation is 1. The van der Waals surface area contributed by atoms with Crippen LogP contribution in [-0.4, -0.2) is 28.8 Å². The summed E-state index contributed by atoms with van der Waals surface area (Å²) in [5.74, 6) is 1.79. The molecule has 0 radical (unpaired) electrons. The molecule has 0 spiro atoms. The molecule has 4 heteroatoms. The molecule has 2 aromatic rings. The summed E-state index contributed by atoms with van der Waals surface area (Å²) < 4.78 is 7.48. The van der Waals surface area contributed by atoms with Gasteiger partial charge < -0.3 is 14.6 Å². The highest BCUT2D eigenvalue weighted by molar-refractivity contribution is 5.62. The maximum Gasteiger partial charge on any atom is 0.139 e. The van der Waals surface area contributed by atoms with E-state index < -0.39 is 0 Å². The summed E-state index contributed by atoms with van der Waals surface area (Å²) in [6, 6.07) is 8.99. The van der Waals surface area contributed by atoms with Gasteiger partial charge in [-0.3, -0.25) is 0 Å². The molecule has 1 saturated heterocycles. The molecule has 4 nitrogen and oxygen atoms in total. The molecule has 0 unspecified atom stereocenters. The molecule has 1 atom stereocenters. The first-order valence-corrected chi connectivity index (χ1v) is 8.14. The second-order valence-corrected chi connectivity index (χ2v) is 6.28. The monoisotopic (exact) mass is 299 g/mol. The molecule has 0 aliphatic carbocycles. The zero-order chi connectivity index (χ0) is 15.4. The van der Waals surface area contributed by atoms with Crippen molar-refractivity contribution in [3.8, 4) is 11.4 Å². The lowest BCUT2D eigenvalue weighted by Crippen LogP contribution is -2.24. The predicted octanol–water partition coefficient (Wildman–Crippen LogP) is 3.70. The van der Waals surface area contributed by atoms with Crippen molar-refractivity contribution in [2.24, 2.45) is 13.0 Å². The largest absolute Gasteiger partial charge is 0.383 e. The van der Waals surface area contributed by atoms with E-state index in [0.29, 0.717) is 6.04 Å². The van der Waals surface area contributed by atoms with Crippen LogP contribution in [0.5, 0.6) is 0 Å². The molecule has 1 aromatic heterocycles. The summed E-state index contributed by atoms with van der Waals surface area (Å²) in [5, 5.41) is 3.63. The molecule has 0 bridgehead atoms. The van der Waals surface area contributed by atoms with E-state index >= 15 is 0 Å². The molecule has 0 saturated carbocycles. The maximum absolute atomic E-state index is 5.44. The van der Waals surface area contributed by atoms with Gasteiger partial charge >= 0.3 is 0 Å². The van der Waals surface area contributed by atoms with Crippen LogP contribution in [0.25, 0.3) is 11.4 Å². The van der Waals surface area contributed by atoms with Crippen LogP contribution in [-0.2, 0) is 11.8 Å². The van der Waals surface area contributed by atoms with Crippen molar-refractivity contribution in [1.29, 1.82) is 0 Å². The number of aromatic nitrogens is 2. The van der Waals surface area contributed by atoms with Gasteiger partial charge in [0, 0.05) is 49.9 Å². The normalized spacial score (nSPS) is 17.4. The Hall–Kier alpha value is -1.81. The summed E-state index contributed by atoms with van der Waals surface area (Å²) in [6.07, 6.45) is 7.40. The first-order valence-electron chi connectivity index (χ1n) is 8.14. The summed E-state index contributed by atoms with van der Waals surface area (Å²) in [7, 11) is 2.02. The molecule has 1 N–H and O–H groups in total. The highest BCUT2D eigenvalue weighted by Gasteiger charge is 2.16. The molecule has 1 aliphatic rings. The van der Waals surface area contributed by atoms with Crippen molar-refractivity contribution in [2.45, 2.75) is 32.2 Å². The minimum atomic E-state index is 0.472. The number of nitrogens with one attached hydrogen (secondary N) is 1. The van der Waals surface area contributed by atoms with Gasteiger partial charge in [-0.1, -0.05) is 12.1 Å². The molecule has 1 aromatic carbocycles. The molecule has 1 fully saturated rings. The highest BCUT2D eigenvalue weighted by atomic mass is 16.5. The van der Waals surface area contributed by atoms with Crippen LogP contribution in [0.1, 0.15) is 26.2 Å². The van der Waals surface area contributed by atoms with Crippen molar-refractivity contribution in [3.63, 3.8) is 0 Å². The first-order chi connectivity index (χ1) is 10.7. The van der Waals surface area contributed by atoms with E-state index in [9.17, 15) is 0 Å². The van der Waals surface area contributed by atoms with Crippen molar-refractivity contribution in [2.75, 3.05) is 18.5 Å². The fourth-order valence-electron chi connectivity index (χ4n) is 3.22. The van der Waals surface area contributed by atoms with Gasteiger partial charge in [0.05, 0.1) is 0 Å². The van der Waals surface area contributed by atoms with Gasteiger partial charge in [-0.2, -0.15) is 0 Å². The van der Waals surface area contributed by atoms with Gasteiger partial charge in [0.1, 0.15) is 5.82 Å². The molecule has 1 aliphatic heterocycles. The molecule has 3 rings (SSSR count). The molecule has 0 amide bonds. The smallest absolute Gasteiger partial charge is 0.139 e. The van der Waals surface area contributed by atoms with E-state index in [0.717, 1.165) is 30.5 Å². The quantitative estimate of drug-likeness (QED) is 0.915. The third-order valence-electron chi connectivity index (χ3n) is 4.38. The fourth-order valence-corrected chi connectivity index (χ4v) is 3.22. The average Bonchev–Trinajstić information content (AvgIpc) is 2.94. The highest BCUT2D eigenvalue weighted by Crippen LogP contribution is 2.24. The Morgan fingerprint density at radius 3 is 2.91 bits per heavy atom. The third-order valence-corrected chi connectivity index (χ3v) is 4.38. The summed E-state index contributed by atoms with van der Waals surface area (Å²) in [4.78, 5) is 4.42. The number of imidazole rings is 1. The van der Waals surface area contributed by atoms with E-state index in [2.05, 4.69) is 41.5 Å². The molecule has 22 heavy (non-hydrogen) atoms. The number of benzene rings is 1. The van der Waals surface area contributed by atoms with Crippen molar-refractivity contribution >= 4 is 5.69 Å². The zero-order valence-corrected chi connectivity index (χ0v) is 13.5. The Labute approximate surface area is 132 Å². The minimum Gasteiger partial charge on any atom is -0.383 e. The average molecular weight is 299 g/mol. The SMILES string of the molecule is C[C@H](CC1CCOCC1)Nc1cccc(-c2nccn2C)c1. The predicted molar refractivity (Wildman–Crippen MR) is 89.9 cm³/mol. The summed E-state index contributed by atoms with van der Waals surface area (Å²) >= 11 is 0. The van der Waals surface area contributed by atoms with Gasteiger partial charge in [0.2, 0.25) is 0 Å². The maximum atomic E-state index is 5.44. The zero-order valence-electron chi connectivity index (χ0n) is 13.5. The Kier molecular flexibility index (Phi) is 4.78. The van der Waals surface area contributed by atoms with Crippen molar-refractivity contribution in [1.82, 2.24) is 9.55 Å². The van der Waals surface area contributed by atoms with Gasteiger partial charge in [0.15, 0.2) is 0 Å². The van der Waals surface area contributed by atoms with E-state index in [1.807, 2.05) is 24.0 Å². The van der Waals surface area contributed by atoms with Gasteiger partial charge in [-0.15, -0.1) is 0 Å². The van der Waals surface area contributed by atoms with Crippen LogP contribution in [0.3, 0.4) is 0 Å². The number of nitrogens with zero attached hydrogens (tertiary/aromatic N) is 2. The van der Waals surface area contributed by atoms with E-state index in [-0.39, 0.29) is 0 Å². The topological polar surface area (TPSA) is 39.1 Å². The number of hydrogen-bond acceptors (Lipinski definition) is 3. The first kappa shape index (κ1) is 15.1. The van der Waals surface area contributed by atoms with Crippen LogP contribution < -0.4 is 5.32 Å². The van der Waals surface area contributed by atoms with E-state index in [1.54, 1.807) is 0 Å². The summed E-state index contributed by atoms with van der Waals surface area (Å²) in [5.41, 5.74) is 2.32. The number of anilines is 1. The van der Waals surface area contributed by atoms with Crippen LogP contribution >= 0.6 is 0 Å². The minimum absolute atomic E-state index is 0.472. The third kappa shape index (κ3) is 3.69. The summed E-state index contributed by atoms with van der Waals surface area (Å²) in [6.45, 7) is 4.11. The molecular weight excluding hydrogens is 274 g/mol. The van der Waals surface area contributed by atoms with E-state index in [1.165, 1.54) is 24.9 Å². The number of rotatable bonds is 5. The van der Waals surface area contributed by atoms with Crippen LogP contribution in [0.15, 0.2) is 36.7 Å². The number of ether oxygens (including phenoxy) is 1. The standard InChI is InChI=1S/C18H25N3O/c1-14(12-15-6-10-22-11-7-15)20-17-5-3-4-16(13-17)18-19-8-9-21(18)2/h3-5,8-9,13-15,20H,6-7,10-12H2,1-2H3/t14-/m1/s1. The second-order valence-electron chi connectivity index (χ2n) is 6.28. The Balaban J connectivity index is 1.63. The van der Waals surface area contributed by atoms with E-state index in [4.69, 9.17) is 4.74 Å². The second kappa shape index (κ2) is 6.97. The molecule has 2 heterocycles. The van der Waals surface area contributed by atoms with Crippen molar-refractivity contribution < 1.29 is 4.74 Å². The molecular formula is C18H25N3O.